The van der Waals surface area contributed by atoms with Crippen LogP contribution in [0.4, 0.5) is 24.5 Å². The first-order valence-electron chi connectivity index (χ1n) is 16.1. The molecule has 0 unspecified atom stereocenters. The Morgan fingerprint density at radius 2 is 1.18 bits per heavy atom. The lowest BCUT2D eigenvalue weighted by molar-refractivity contribution is -0.137. The molecule has 4 aromatic carbocycles. The molecule has 2 aliphatic rings. The number of carbonyl (C=O) groups is 2. The van der Waals surface area contributed by atoms with Gasteiger partial charge in [0.2, 0.25) is 0 Å². The van der Waals surface area contributed by atoms with Crippen LogP contribution in [0.2, 0.25) is 5.02 Å². The van der Waals surface area contributed by atoms with Gasteiger partial charge in [-0.25, -0.2) is 9.98 Å². The first-order chi connectivity index (χ1) is 24.4. The van der Waals surface area contributed by atoms with Crippen LogP contribution in [0.25, 0.3) is 0 Å². The molecule has 2 aliphatic heterocycles. The van der Waals surface area contributed by atoms with Gasteiger partial charge in [-0.15, -0.1) is 0 Å². The Hall–Kier alpha value is -5.56. The normalized spacial score (nSPS) is 16.5. The van der Waals surface area contributed by atoms with Gasteiger partial charge < -0.3 is 31.6 Å². The maximum absolute atomic E-state index is 12.6. The van der Waals surface area contributed by atoms with Gasteiger partial charge in [-0.3, -0.25) is 9.59 Å². The van der Waals surface area contributed by atoms with Crippen molar-refractivity contribution in [3.63, 3.8) is 0 Å². The van der Waals surface area contributed by atoms with E-state index in [0.717, 1.165) is 61.2 Å². The number of alkyl halides is 3. The van der Waals surface area contributed by atoms with Crippen LogP contribution in [0.5, 0.6) is 0 Å². The molecule has 0 bridgehead atoms. The van der Waals surface area contributed by atoms with Crippen molar-refractivity contribution in [1.82, 2.24) is 0 Å². The number of nitrogens with one attached hydrogen (secondary N) is 2. The zero-order valence-corrected chi connectivity index (χ0v) is 28.1. The molecular formula is C37H36ClF3N6O4. The summed E-state index contributed by atoms with van der Waals surface area (Å²) in [5.74, 6) is -0.650. The molecule has 2 atom stereocenters. The molecule has 6 rings (SSSR count). The number of carbonyl (C=O) groups excluding carboxylic acids is 2. The number of hydrogen-bond donors (Lipinski definition) is 4. The van der Waals surface area contributed by atoms with Crippen molar-refractivity contribution in [2.75, 3.05) is 23.8 Å². The number of aliphatic imine (C=N–C) groups is 2. The third-order valence-corrected chi connectivity index (χ3v) is 8.22. The molecule has 0 saturated heterocycles. The molecule has 0 fully saturated rings. The Morgan fingerprint density at radius 3 is 1.59 bits per heavy atom. The van der Waals surface area contributed by atoms with Crippen LogP contribution in [0.15, 0.2) is 107 Å². The maximum Gasteiger partial charge on any atom is 0.416 e. The number of ether oxygens (including phenoxy) is 2. The summed E-state index contributed by atoms with van der Waals surface area (Å²) < 4.78 is 47.9. The van der Waals surface area contributed by atoms with Gasteiger partial charge in [-0.05, 0) is 104 Å². The Bertz CT molecular complexity index is 1870. The summed E-state index contributed by atoms with van der Waals surface area (Å²) in [4.78, 5) is 32.7. The second kappa shape index (κ2) is 16.9. The van der Waals surface area contributed by atoms with Gasteiger partial charge in [0.05, 0.1) is 17.6 Å². The van der Waals surface area contributed by atoms with Crippen molar-refractivity contribution in [3.8, 4) is 0 Å². The standard InChI is InChI=1S/C19H18F3N3O2.C18H18ClN3O2/c20-19(21,22)14-6-4-13(5-7-14)17(26)24-15-8-1-12(2-9-15)3-10-16-11-27-18(23)25-16;19-14-3-1-2-13(10-14)17(23)21-15-7-4-12(5-8-15)6-9-16-11-24-18(20)22-16/h1-2,4-9,16H,3,10-11H2,(H2,23,25)(H,24,26);1-5,7-8,10,16H,6,9,11H2,(H2,20,22)(H,21,23)/t2*16-/m00/s1. The van der Waals surface area contributed by atoms with Crippen LogP contribution >= 0.6 is 11.6 Å². The van der Waals surface area contributed by atoms with E-state index in [1.807, 2.05) is 36.4 Å². The molecule has 0 saturated carbocycles. The van der Waals surface area contributed by atoms with Crippen molar-refractivity contribution in [3.05, 3.63) is 130 Å². The lowest BCUT2D eigenvalue weighted by Crippen LogP contribution is -2.13. The molecule has 0 aromatic heterocycles. The van der Waals surface area contributed by atoms with E-state index in [1.165, 1.54) is 5.56 Å². The highest BCUT2D eigenvalue weighted by molar-refractivity contribution is 6.31. The second-order valence-electron chi connectivity index (χ2n) is 11.8. The summed E-state index contributed by atoms with van der Waals surface area (Å²) in [5.41, 5.74) is 14.4. The number of hydrogen-bond acceptors (Lipinski definition) is 8. The fourth-order valence-electron chi connectivity index (χ4n) is 5.19. The third-order valence-electron chi connectivity index (χ3n) is 7.98. The second-order valence-corrected chi connectivity index (χ2v) is 12.3. The highest BCUT2D eigenvalue weighted by Crippen LogP contribution is 2.29. The predicted molar refractivity (Wildman–Crippen MR) is 191 cm³/mol. The van der Waals surface area contributed by atoms with Crippen LogP contribution in [0.3, 0.4) is 0 Å². The number of amides is 2. The van der Waals surface area contributed by atoms with Crippen molar-refractivity contribution in [2.45, 2.75) is 43.9 Å². The zero-order valence-electron chi connectivity index (χ0n) is 27.3. The van der Waals surface area contributed by atoms with Gasteiger partial charge in [0, 0.05) is 27.5 Å². The minimum absolute atomic E-state index is 0.0593. The predicted octanol–water partition coefficient (Wildman–Crippen LogP) is 6.84. The lowest BCUT2D eigenvalue weighted by Gasteiger charge is -2.09. The summed E-state index contributed by atoms with van der Waals surface area (Å²) in [7, 11) is 0. The van der Waals surface area contributed by atoms with Gasteiger partial charge in [-0.2, -0.15) is 13.2 Å². The first-order valence-corrected chi connectivity index (χ1v) is 16.4. The molecule has 2 heterocycles. The minimum atomic E-state index is -4.42. The van der Waals surface area contributed by atoms with Crippen molar-refractivity contribution < 1.29 is 32.2 Å². The van der Waals surface area contributed by atoms with Crippen LogP contribution in [0, 0.1) is 0 Å². The molecule has 6 N–H and O–H groups in total. The topological polar surface area (TPSA) is 153 Å². The van der Waals surface area contributed by atoms with Gasteiger partial charge in [0.1, 0.15) is 13.2 Å². The Labute approximate surface area is 297 Å². The molecule has 14 heteroatoms. The van der Waals surface area contributed by atoms with E-state index in [-0.39, 0.29) is 35.6 Å². The SMILES string of the molecule is NC1=N[C@@H](CCc2ccc(NC(=O)c3ccc(C(F)(F)F)cc3)cc2)CO1.NC1=N[C@@H](CCc2ccc(NC(=O)c3cccc(Cl)c3)cc2)CO1. The molecule has 2 amide bonds. The van der Waals surface area contributed by atoms with E-state index < -0.39 is 17.6 Å². The molecule has 0 radical (unpaired) electrons. The highest BCUT2D eigenvalue weighted by atomic mass is 35.5. The smallest absolute Gasteiger partial charge is 0.416 e. The number of anilines is 2. The number of nitrogens with zero attached hydrogens (tertiary/aromatic N) is 2. The lowest BCUT2D eigenvalue weighted by atomic mass is 10.1. The van der Waals surface area contributed by atoms with E-state index in [4.69, 9.17) is 32.5 Å². The monoisotopic (exact) mass is 720 g/mol. The fraction of sp³-hybridized carbons (Fsp3) is 0.243. The summed E-state index contributed by atoms with van der Waals surface area (Å²) in [6, 6.07) is 26.7. The number of aryl methyl sites for hydroxylation is 2. The van der Waals surface area contributed by atoms with Crippen LogP contribution in [-0.4, -0.2) is 49.2 Å². The van der Waals surface area contributed by atoms with Crippen LogP contribution in [0.1, 0.15) is 50.2 Å². The quantitative estimate of drug-likeness (QED) is 0.141. The van der Waals surface area contributed by atoms with Gasteiger partial charge >= 0.3 is 6.18 Å². The average molecular weight is 721 g/mol. The maximum atomic E-state index is 12.6. The fourth-order valence-corrected chi connectivity index (χ4v) is 5.38. The number of amidine groups is 2. The van der Waals surface area contributed by atoms with Crippen LogP contribution in [-0.2, 0) is 28.5 Å². The Kier molecular flexibility index (Phi) is 12.2. The largest absolute Gasteiger partial charge is 0.463 e. The Morgan fingerprint density at radius 1 is 0.706 bits per heavy atom. The number of halogens is 4. The van der Waals surface area contributed by atoms with Gasteiger partial charge in [-0.1, -0.05) is 41.9 Å². The third kappa shape index (κ3) is 11.2. The van der Waals surface area contributed by atoms with Gasteiger partial charge in [0.25, 0.3) is 23.9 Å². The summed E-state index contributed by atoms with van der Waals surface area (Å²) in [6.07, 6.45) is -1.06. The summed E-state index contributed by atoms with van der Waals surface area (Å²) in [6.45, 7) is 1.05. The zero-order chi connectivity index (χ0) is 36.4. The van der Waals surface area contributed by atoms with Gasteiger partial charge in [0.15, 0.2) is 0 Å². The summed E-state index contributed by atoms with van der Waals surface area (Å²) in [5, 5.41) is 6.07. The minimum Gasteiger partial charge on any atom is -0.463 e. The van der Waals surface area contributed by atoms with Crippen molar-refractivity contribution >= 4 is 46.8 Å². The van der Waals surface area contributed by atoms with E-state index in [9.17, 15) is 22.8 Å². The van der Waals surface area contributed by atoms with E-state index >= 15 is 0 Å². The number of nitrogens with two attached hydrogens (primary N) is 2. The molecule has 4 aromatic rings. The number of rotatable bonds is 10. The van der Waals surface area contributed by atoms with Crippen molar-refractivity contribution in [1.29, 1.82) is 0 Å². The van der Waals surface area contributed by atoms with E-state index in [1.54, 1.807) is 36.4 Å². The van der Waals surface area contributed by atoms with E-state index in [0.29, 0.717) is 29.5 Å². The van der Waals surface area contributed by atoms with E-state index in [2.05, 4.69) is 20.6 Å². The molecule has 266 valence electrons. The molecule has 0 spiro atoms. The summed E-state index contributed by atoms with van der Waals surface area (Å²) >= 11 is 5.90. The Balaban J connectivity index is 0.000000199. The van der Waals surface area contributed by atoms with Crippen molar-refractivity contribution in [2.24, 2.45) is 21.5 Å². The molecule has 10 nitrogen and oxygen atoms in total. The molecular weight excluding hydrogens is 685 g/mol. The number of benzene rings is 4. The molecule has 0 aliphatic carbocycles. The van der Waals surface area contributed by atoms with Crippen LogP contribution < -0.4 is 22.1 Å². The average Bonchev–Trinajstić information content (AvgIpc) is 3.74. The molecule has 51 heavy (non-hydrogen) atoms. The first kappa shape index (κ1) is 36.7. The highest BCUT2D eigenvalue weighted by Gasteiger charge is 2.30.